The largest absolute Gasteiger partial charge is 0.497 e. The van der Waals surface area contributed by atoms with Gasteiger partial charge in [0.15, 0.2) is 12.0 Å². The molecular weight excluding hydrogens is 391 g/mol. The van der Waals surface area contributed by atoms with E-state index in [9.17, 15) is 9.50 Å². The number of thiophene rings is 1. The van der Waals surface area contributed by atoms with Gasteiger partial charge in [0.1, 0.15) is 11.6 Å². The number of aromatic nitrogens is 2. The van der Waals surface area contributed by atoms with E-state index in [0.29, 0.717) is 17.3 Å². The van der Waals surface area contributed by atoms with Crippen molar-refractivity contribution in [3.63, 3.8) is 0 Å². The first-order valence-electron chi connectivity index (χ1n) is 9.64. The van der Waals surface area contributed by atoms with Crippen molar-refractivity contribution < 1.29 is 14.2 Å². The van der Waals surface area contributed by atoms with Crippen LogP contribution in [-0.2, 0) is 0 Å². The van der Waals surface area contributed by atoms with Crippen molar-refractivity contribution in [3.05, 3.63) is 58.7 Å². The van der Waals surface area contributed by atoms with Crippen LogP contribution in [-0.4, -0.2) is 53.1 Å². The summed E-state index contributed by atoms with van der Waals surface area (Å²) in [6.07, 6.45) is 2.90. The molecule has 154 valence electrons. The zero-order valence-corrected chi connectivity index (χ0v) is 17.3. The summed E-state index contributed by atoms with van der Waals surface area (Å²) in [6, 6.07) is 10.4. The number of benzene rings is 1. The van der Waals surface area contributed by atoms with Crippen LogP contribution in [0.1, 0.15) is 23.9 Å². The predicted molar refractivity (Wildman–Crippen MR) is 112 cm³/mol. The predicted octanol–water partition coefficient (Wildman–Crippen LogP) is 3.67. The van der Waals surface area contributed by atoms with Gasteiger partial charge in [-0.2, -0.15) is 5.10 Å². The van der Waals surface area contributed by atoms with Gasteiger partial charge < -0.3 is 19.6 Å². The van der Waals surface area contributed by atoms with Crippen molar-refractivity contribution in [1.82, 2.24) is 14.7 Å². The van der Waals surface area contributed by atoms with Crippen molar-refractivity contribution in [3.8, 4) is 11.4 Å². The second-order valence-electron chi connectivity index (χ2n) is 7.30. The quantitative estimate of drug-likeness (QED) is 0.622. The van der Waals surface area contributed by atoms with Crippen molar-refractivity contribution >= 4 is 17.2 Å². The maximum Gasteiger partial charge on any atom is 0.164 e. The molecule has 3 aromatic rings. The summed E-state index contributed by atoms with van der Waals surface area (Å²) in [5, 5.41) is 17.8. The number of aliphatic hydroxyl groups excluding tert-OH is 1. The molecule has 1 unspecified atom stereocenters. The molecule has 29 heavy (non-hydrogen) atoms. The van der Waals surface area contributed by atoms with Crippen molar-refractivity contribution in [1.29, 1.82) is 0 Å². The van der Waals surface area contributed by atoms with Crippen LogP contribution in [0.15, 0.2) is 48.0 Å². The average molecular weight is 417 g/mol. The molecule has 1 saturated heterocycles. The number of anilines is 1. The fourth-order valence-electron chi connectivity index (χ4n) is 3.75. The number of piperidine rings is 1. The molecule has 0 aliphatic carbocycles. The first-order valence-corrected chi connectivity index (χ1v) is 10.5. The highest BCUT2D eigenvalue weighted by molar-refractivity contribution is 7.10. The first kappa shape index (κ1) is 19.9. The minimum atomic E-state index is -0.770. The van der Waals surface area contributed by atoms with Crippen LogP contribution in [0.2, 0.25) is 0 Å². The normalized spacial score (nSPS) is 16.7. The second kappa shape index (κ2) is 8.52. The van der Waals surface area contributed by atoms with Gasteiger partial charge in [-0.05, 0) is 50.5 Å². The monoisotopic (exact) mass is 416 g/mol. The van der Waals surface area contributed by atoms with E-state index in [1.807, 2.05) is 28.5 Å². The lowest BCUT2D eigenvalue weighted by Gasteiger charge is -2.39. The molecule has 1 N–H and O–H groups in total. The van der Waals surface area contributed by atoms with Crippen LogP contribution >= 0.6 is 11.3 Å². The number of likely N-dealkylation sites (tertiary alicyclic amines) is 1. The number of ether oxygens (including phenoxy) is 1. The lowest BCUT2D eigenvalue weighted by molar-refractivity contribution is 0.142. The minimum Gasteiger partial charge on any atom is -0.497 e. The summed E-state index contributed by atoms with van der Waals surface area (Å²) in [5.41, 5.74) is 0.571. The molecular formula is C21H25FN4O2S. The Bertz CT molecular complexity index is 938. The Morgan fingerprint density at radius 2 is 2.07 bits per heavy atom. The smallest absolute Gasteiger partial charge is 0.164 e. The SMILES string of the molecule is COc1cc(F)cc(-n2ccc(N(C3CCN(C)CC3)C(O)c3cccs3)n2)c1. The molecule has 0 bridgehead atoms. The fourth-order valence-corrected chi connectivity index (χ4v) is 4.46. The zero-order valence-electron chi connectivity index (χ0n) is 16.5. The van der Waals surface area contributed by atoms with E-state index in [-0.39, 0.29) is 11.9 Å². The summed E-state index contributed by atoms with van der Waals surface area (Å²) in [6.45, 7) is 1.94. The molecule has 3 heterocycles. The summed E-state index contributed by atoms with van der Waals surface area (Å²) in [7, 11) is 3.62. The van der Waals surface area contributed by atoms with E-state index in [4.69, 9.17) is 4.74 Å². The van der Waals surface area contributed by atoms with Gasteiger partial charge in [-0.1, -0.05) is 6.07 Å². The summed E-state index contributed by atoms with van der Waals surface area (Å²) >= 11 is 1.53. The highest BCUT2D eigenvalue weighted by Crippen LogP contribution is 2.33. The summed E-state index contributed by atoms with van der Waals surface area (Å²) < 4.78 is 20.7. The summed E-state index contributed by atoms with van der Waals surface area (Å²) in [5.74, 6) is 0.716. The first-order chi connectivity index (χ1) is 14.0. The fraction of sp³-hybridized carbons (Fsp3) is 0.381. The van der Waals surface area contributed by atoms with E-state index < -0.39 is 6.23 Å². The highest BCUT2D eigenvalue weighted by Gasteiger charge is 2.31. The van der Waals surface area contributed by atoms with Crippen LogP contribution in [0.4, 0.5) is 10.2 Å². The number of halogens is 1. The van der Waals surface area contributed by atoms with Gasteiger partial charge in [-0.15, -0.1) is 11.3 Å². The molecule has 0 amide bonds. The van der Waals surface area contributed by atoms with E-state index >= 15 is 0 Å². The lowest BCUT2D eigenvalue weighted by Crippen LogP contribution is -2.45. The number of methoxy groups -OCH3 is 1. The van der Waals surface area contributed by atoms with E-state index in [1.165, 1.54) is 30.6 Å². The molecule has 8 heteroatoms. The minimum absolute atomic E-state index is 0.175. The Kier molecular flexibility index (Phi) is 5.84. The number of hydrogen-bond acceptors (Lipinski definition) is 6. The molecule has 6 nitrogen and oxygen atoms in total. The van der Waals surface area contributed by atoms with Gasteiger partial charge >= 0.3 is 0 Å². The molecule has 1 aliphatic heterocycles. The third kappa shape index (κ3) is 4.29. The van der Waals surface area contributed by atoms with Gasteiger partial charge in [0.25, 0.3) is 0 Å². The third-order valence-electron chi connectivity index (χ3n) is 5.34. The standard InChI is InChI=1S/C21H25FN4O2S/c1-24-8-5-16(6-9-24)26(21(27)19-4-3-11-29-19)20-7-10-25(23-20)17-12-15(22)13-18(14-17)28-2/h3-4,7,10-14,16,21,27H,5-6,8-9H2,1-2H3. The second-order valence-corrected chi connectivity index (χ2v) is 8.28. The number of hydrogen-bond donors (Lipinski definition) is 1. The molecule has 2 aromatic heterocycles. The Labute approximate surface area is 173 Å². The van der Waals surface area contributed by atoms with Crippen LogP contribution < -0.4 is 9.64 Å². The van der Waals surface area contributed by atoms with E-state index in [1.54, 1.807) is 16.9 Å². The topological polar surface area (TPSA) is 53.8 Å². The van der Waals surface area contributed by atoms with Gasteiger partial charge in [-0.3, -0.25) is 0 Å². The highest BCUT2D eigenvalue weighted by atomic mass is 32.1. The van der Waals surface area contributed by atoms with Crippen molar-refractivity contribution in [2.24, 2.45) is 0 Å². The van der Waals surface area contributed by atoms with Gasteiger partial charge in [0, 0.05) is 30.4 Å². The molecule has 0 radical (unpaired) electrons. The Hall–Kier alpha value is -2.42. The molecule has 1 fully saturated rings. The van der Waals surface area contributed by atoms with Crippen LogP contribution in [0, 0.1) is 5.82 Å². The Balaban J connectivity index is 1.67. The van der Waals surface area contributed by atoms with Gasteiger partial charge in [0.2, 0.25) is 0 Å². The third-order valence-corrected chi connectivity index (χ3v) is 6.25. The lowest BCUT2D eigenvalue weighted by atomic mass is 10.0. The molecule has 0 spiro atoms. The molecule has 0 saturated carbocycles. The Morgan fingerprint density at radius 3 is 2.76 bits per heavy atom. The van der Waals surface area contributed by atoms with Gasteiger partial charge in [-0.25, -0.2) is 9.07 Å². The number of aliphatic hydroxyl groups is 1. The zero-order chi connectivity index (χ0) is 20.4. The summed E-state index contributed by atoms with van der Waals surface area (Å²) in [4.78, 5) is 5.17. The molecule has 1 aliphatic rings. The van der Waals surface area contributed by atoms with Crippen molar-refractivity contribution in [2.75, 3.05) is 32.1 Å². The average Bonchev–Trinajstić information content (AvgIpc) is 3.41. The number of rotatable bonds is 6. The molecule has 4 rings (SSSR count). The van der Waals surface area contributed by atoms with Crippen molar-refractivity contribution in [2.45, 2.75) is 25.1 Å². The van der Waals surface area contributed by atoms with Crippen LogP contribution in [0.3, 0.4) is 0 Å². The maximum atomic E-state index is 13.9. The van der Waals surface area contributed by atoms with Gasteiger partial charge in [0.05, 0.1) is 17.7 Å². The maximum absolute atomic E-state index is 13.9. The molecule has 1 aromatic carbocycles. The van der Waals surface area contributed by atoms with E-state index in [0.717, 1.165) is 30.8 Å². The molecule has 1 atom stereocenters. The van der Waals surface area contributed by atoms with E-state index in [2.05, 4.69) is 17.0 Å². The Morgan fingerprint density at radius 1 is 1.28 bits per heavy atom. The number of nitrogens with zero attached hydrogens (tertiary/aromatic N) is 4. The van der Waals surface area contributed by atoms with Crippen LogP contribution in [0.5, 0.6) is 5.75 Å². The van der Waals surface area contributed by atoms with Crippen LogP contribution in [0.25, 0.3) is 5.69 Å².